The maximum Gasteiger partial charge on any atom is 0.274 e. The molecule has 0 radical (unpaired) electrons. The molecule has 0 bridgehead atoms. The number of hydrogen-bond donors (Lipinski definition) is 2. The first-order valence-electron chi connectivity index (χ1n) is 4.97. The molecular formula is C9H13N5O2. The zero-order valence-electron chi connectivity index (χ0n) is 8.72. The van der Waals surface area contributed by atoms with Crippen molar-refractivity contribution in [3.63, 3.8) is 0 Å². The van der Waals surface area contributed by atoms with E-state index in [0.717, 1.165) is 0 Å². The van der Waals surface area contributed by atoms with E-state index in [0.29, 0.717) is 32.1 Å². The average Bonchev–Trinajstić information content (AvgIpc) is 2.39. The Morgan fingerprint density at radius 3 is 2.88 bits per heavy atom. The van der Waals surface area contributed by atoms with Gasteiger partial charge in [0, 0.05) is 13.1 Å². The summed E-state index contributed by atoms with van der Waals surface area (Å²) in [6.07, 6.45) is 2.88. The number of carbonyl (C=O) groups is 1. The number of amides is 1. The highest BCUT2D eigenvalue weighted by molar-refractivity contribution is 5.92. The number of aromatic nitrogens is 2. The first-order chi connectivity index (χ1) is 7.81. The van der Waals surface area contributed by atoms with Crippen LogP contribution in [0, 0.1) is 0 Å². The molecule has 0 spiro atoms. The highest BCUT2D eigenvalue weighted by atomic mass is 16.5. The lowest BCUT2D eigenvalue weighted by Crippen LogP contribution is -2.41. The van der Waals surface area contributed by atoms with Crippen molar-refractivity contribution in [3.8, 4) is 0 Å². The summed E-state index contributed by atoms with van der Waals surface area (Å²) in [5, 5.41) is 0. The fourth-order valence-electron chi connectivity index (χ4n) is 1.47. The maximum absolute atomic E-state index is 12.0. The minimum absolute atomic E-state index is 0.145. The first-order valence-corrected chi connectivity index (χ1v) is 4.97. The summed E-state index contributed by atoms with van der Waals surface area (Å²) in [5.41, 5.74) is 2.65. The Hall–Kier alpha value is -1.73. The lowest BCUT2D eigenvalue weighted by Gasteiger charge is -2.26. The number of morpholine rings is 1. The Labute approximate surface area is 92.6 Å². The Morgan fingerprint density at radius 2 is 2.19 bits per heavy atom. The van der Waals surface area contributed by atoms with Crippen LogP contribution in [0.2, 0.25) is 0 Å². The molecule has 2 rings (SSSR count). The Bertz CT molecular complexity index is 378. The van der Waals surface area contributed by atoms with Crippen LogP contribution in [0.15, 0.2) is 12.4 Å². The van der Waals surface area contributed by atoms with Gasteiger partial charge in [0.15, 0.2) is 5.82 Å². The zero-order chi connectivity index (χ0) is 11.4. The molecular weight excluding hydrogens is 210 g/mol. The largest absolute Gasteiger partial charge is 0.378 e. The topological polar surface area (TPSA) is 93.4 Å². The summed E-state index contributed by atoms with van der Waals surface area (Å²) < 4.78 is 5.17. The van der Waals surface area contributed by atoms with Crippen molar-refractivity contribution in [1.82, 2.24) is 14.9 Å². The van der Waals surface area contributed by atoms with Crippen molar-refractivity contribution in [1.29, 1.82) is 0 Å². The van der Waals surface area contributed by atoms with Crippen LogP contribution in [0.1, 0.15) is 10.5 Å². The SMILES string of the molecule is NNc1cncc(C(=O)N2CCOCC2)n1. The van der Waals surface area contributed by atoms with Gasteiger partial charge in [-0.15, -0.1) is 0 Å². The molecule has 1 saturated heterocycles. The molecule has 2 heterocycles. The molecule has 0 atom stereocenters. The van der Waals surface area contributed by atoms with Crippen molar-refractivity contribution < 1.29 is 9.53 Å². The summed E-state index contributed by atoms with van der Waals surface area (Å²) in [5.74, 6) is 5.43. The normalized spacial score (nSPS) is 15.9. The van der Waals surface area contributed by atoms with E-state index in [4.69, 9.17) is 10.6 Å². The molecule has 1 amide bonds. The maximum atomic E-state index is 12.0. The number of nitrogen functional groups attached to an aromatic ring is 1. The second-order valence-electron chi connectivity index (χ2n) is 3.34. The highest BCUT2D eigenvalue weighted by Gasteiger charge is 2.19. The van der Waals surface area contributed by atoms with Crippen molar-refractivity contribution in [3.05, 3.63) is 18.1 Å². The van der Waals surface area contributed by atoms with Gasteiger partial charge < -0.3 is 15.1 Å². The van der Waals surface area contributed by atoms with Crippen LogP contribution >= 0.6 is 0 Å². The lowest BCUT2D eigenvalue weighted by molar-refractivity contribution is 0.0299. The second kappa shape index (κ2) is 4.86. The van der Waals surface area contributed by atoms with Crippen LogP contribution in [-0.4, -0.2) is 47.1 Å². The molecule has 0 aliphatic carbocycles. The average molecular weight is 223 g/mol. The molecule has 1 aliphatic heterocycles. The van der Waals surface area contributed by atoms with Gasteiger partial charge in [0.25, 0.3) is 5.91 Å². The predicted octanol–water partition coefficient (Wildman–Crippen LogP) is -0.765. The standard InChI is InChI=1S/C9H13N5O2/c10-13-8-6-11-5-7(12-8)9(15)14-1-3-16-4-2-14/h5-6H,1-4,10H2,(H,12,13). The molecule has 1 aromatic rings. The fraction of sp³-hybridized carbons (Fsp3) is 0.444. The molecule has 0 saturated carbocycles. The number of anilines is 1. The van der Waals surface area contributed by atoms with Crippen molar-refractivity contribution in [2.45, 2.75) is 0 Å². The van der Waals surface area contributed by atoms with E-state index in [1.807, 2.05) is 0 Å². The molecule has 1 aromatic heterocycles. The fourth-order valence-corrected chi connectivity index (χ4v) is 1.47. The van der Waals surface area contributed by atoms with E-state index in [-0.39, 0.29) is 11.6 Å². The molecule has 7 nitrogen and oxygen atoms in total. The predicted molar refractivity (Wildman–Crippen MR) is 56.6 cm³/mol. The zero-order valence-corrected chi connectivity index (χ0v) is 8.72. The van der Waals surface area contributed by atoms with Crippen LogP contribution in [0.25, 0.3) is 0 Å². The van der Waals surface area contributed by atoms with Crippen LogP contribution in [0.4, 0.5) is 5.82 Å². The van der Waals surface area contributed by atoms with Gasteiger partial charge >= 0.3 is 0 Å². The molecule has 1 aliphatic rings. The quantitative estimate of drug-likeness (QED) is 0.505. The number of nitrogens with zero attached hydrogens (tertiary/aromatic N) is 3. The molecule has 3 N–H and O–H groups in total. The molecule has 7 heteroatoms. The van der Waals surface area contributed by atoms with E-state index < -0.39 is 0 Å². The van der Waals surface area contributed by atoms with E-state index in [1.54, 1.807) is 4.90 Å². The molecule has 16 heavy (non-hydrogen) atoms. The van der Waals surface area contributed by atoms with Gasteiger partial charge in [-0.05, 0) is 0 Å². The smallest absolute Gasteiger partial charge is 0.274 e. The number of rotatable bonds is 2. The van der Waals surface area contributed by atoms with Gasteiger partial charge in [0.2, 0.25) is 0 Å². The van der Waals surface area contributed by atoms with Gasteiger partial charge in [0.05, 0.1) is 25.6 Å². The summed E-state index contributed by atoms with van der Waals surface area (Å²) in [4.78, 5) is 21.6. The molecule has 0 unspecified atom stereocenters. The van der Waals surface area contributed by atoms with Gasteiger partial charge in [-0.2, -0.15) is 0 Å². The number of hydrazine groups is 1. The third kappa shape index (κ3) is 2.26. The second-order valence-corrected chi connectivity index (χ2v) is 3.34. The van der Waals surface area contributed by atoms with Gasteiger partial charge in [-0.25, -0.2) is 10.8 Å². The van der Waals surface area contributed by atoms with Crippen molar-refractivity contribution in [2.75, 3.05) is 31.7 Å². The Kier molecular flexibility index (Phi) is 3.28. The van der Waals surface area contributed by atoms with Crippen LogP contribution in [0.3, 0.4) is 0 Å². The third-order valence-corrected chi connectivity index (χ3v) is 2.30. The molecule has 1 fully saturated rings. The number of nitrogens with two attached hydrogens (primary N) is 1. The summed E-state index contributed by atoms with van der Waals surface area (Å²) >= 11 is 0. The Balaban J connectivity index is 2.12. The van der Waals surface area contributed by atoms with Gasteiger partial charge in [-0.1, -0.05) is 0 Å². The van der Waals surface area contributed by atoms with Crippen molar-refractivity contribution in [2.24, 2.45) is 5.84 Å². The van der Waals surface area contributed by atoms with E-state index in [1.165, 1.54) is 12.4 Å². The van der Waals surface area contributed by atoms with Crippen molar-refractivity contribution >= 4 is 11.7 Å². The monoisotopic (exact) mass is 223 g/mol. The number of carbonyl (C=O) groups excluding carboxylic acids is 1. The highest BCUT2D eigenvalue weighted by Crippen LogP contribution is 2.06. The van der Waals surface area contributed by atoms with E-state index in [2.05, 4.69) is 15.4 Å². The first kappa shape index (κ1) is 10.8. The van der Waals surface area contributed by atoms with E-state index >= 15 is 0 Å². The Morgan fingerprint density at radius 1 is 1.44 bits per heavy atom. The minimum Gasteiger partial charge on any atom is -0.378 e. The van der Waals surface area contributed by atoms with Crippen LogP contribution in [0.5, 0.6) is 0 Å². The lowest BCUT2D eigenvalue weighted by atomic mass is 10.3. The summed E-state index contributed by atoms with van der Waals surface area (Å²) in [6, 6.07) is 0. The summed E-state index contributed by atoms with van der Waals surface area (Å²) in [7, 11) is 0. The van der Waals surface area contributed by atoms with Crippen LogP contribution < -0.4 is 11.3 Å². The minimum atomic E-state index is -0.145. The molecule has 86 valence electrons. The number of hydrogen-bond acceptors (Lipinski definition) is 6. The van der Waals surface area contributed by atoms with Gasteiger partial charge in [0.1, 0.15) is 5.69 Å². The van der Waals surface area contributed by atoms with Gasteiger partial charge in [-0.3, -0.25) is 9.78 Å². The molecule has 0 aromatic carbocycles. The third-order valence-electron chi connectivity index (χ3n) is 2.30. The van der Waals surface area contributed by atoms with E-state index in [9.17, 15) is 4.79 Å². The number of nitrogens with one attached hydrogen (secondary N) is 1. The number of ether oxygens (including phenoxy) is 1. The van der Waals surface area contributed by atoms with Crippen LogP contribution in [-0.2, 0) is 4.74 Å². The summed E-state index contributed by atoms with van der Waals surface area (Å²) in [6.45, 7) is 2.30.